The summed E-state index contributed by atoms with van der Waals surface area (Å²) < 4.78 is 0. The molecular weight excluding hydrogens is 260 g/mol. The van der Waals surface area contributed by atoms with Gasteiger partial charge in [0.05, 0.1) is 12.2 Å². The van der Waals surface area contributed by atoms with Gasteiger partial charge in [0.2, 0.25) is 0 Å². The lowest BCUT2D eigenvalue weighted by Crippen LogP contribution is -2.31. The third-order valence-corrected chi connectivity index (χ3v) is 5.24. The summed E-state index contributed by atoms with van der Waals surface area (Å²) in [4.78, 5) is 0. The summed E-state index contributed by atoms with van der Waals surface area (Å²) in [7, 11) is 0. The van der Waals surface area contributed by atoms with E-state index < -0.39 is 12.2 Å². The zero-order valence-electron chi connectivity index (χ0n) is 12.2. The summed E-state index contributed by atoms with van der Waals surface area (Å²) in [6, 6.07) is 14.4. The molecule has 2 nitrogen and oxygen atoms in total. The Balaban J connectivity index is 1.97. The van der Waals surface area contributed by atoms with Crippen LogP contribution in [0.5, 0.6) is 0 Å². The number of hydrogen-bond acceptors (Lipinski definition) is 2. The van der Waals surface area contributed by atoms with Crippen LogP contribution in [0.4, 0.5) is 0 Å². The minimum atomic E-state index is -0.404. The van der Waals surface area contributed by atoms with Crippen LogP contribution < -0.4 is 0 Å². The Morgan fingerprint density at radius 1 is 0.810 bits per heavy atom. The van der Waals surface area contributed by atoms with Crippen LogP contribution in [0, 0.1) is 12.8 Å². The van der Waals surface area contributed by atoms with Crippen molar-refractivity contribution in [3.05, 3.63) is 70.3 Å². The van der Waals surface area contributed by atoms with Crippen LogP contribution >= 0.6 is 0 Å². The zero-order chi connectivity index (χ0) is 14.6. The summed E-state index contributed by atoms with van der Waals surface area (Å²) in [6.45, 7) is 2.13. The number of rotatable bonds is 0. The normalized spacial score (nSPS) is 30.2. The molecule has 0 amide bonds. The first-order valence-electron chi connectivity index (χ1n) is 7.71. The van der Waals surface area contributed by atoms with Crippen molar-refractivity contribution in [2.45, 2.75) is 37.9 Å². The number of aliphatic hydroxyl groups excluding tert-OH is 2. The average molecular weight is 280 g/mol. The first-order valence-corrected chi connectivity index (χ1v) is 7.71. The third-order valence-electron chi connectivity index (χ3n) is 5.24. The van der Waals surface area contributed by atoms with Crippen molar-refractivity contribution in [1.82, 2.24) is 0 Å². The van der Waals surface area contributed by atoms with Gasteiger partial charge >= 0.3 is 0 Å². The highest BCUT2D eigenvalue weighted by atomic mass is 16.3. The summed E-state index contributed by atoms with van der Waals surface area (Å²) in [5.74, 6) is 0.627. The molecule has 0 heterocycles. The van der Waals surface area contributed by atoms with E-state index in [0.29, 0.717) is 11.8 Å². The molecule has 4 rings (SSSR count). The minimum Gasteiger partial charge on any atom is -0.388 e. The molecule has 0 saturated heterocycles. The molecular formula is C19H20O2. The van der Waals surface area contributed by atoms with E-state index in [0.717, 1.165) is 24.0 Å². The monoisotopic (exact) mass is 280 g/mol. The van der Waals surface area contributed by atoms with Gasteiger partial charge in [-0.05, 0) is 53.5 Å². The van der Waals surface area contributed by atoms with Crippen LogP contribution in [0.2, 0.25) is 0 Å². The predicted octanol–water partition coefficient (Wildman–Crippen LogP) is 3.62. The van der Waals surface area contributed by atoms with Crippen molar-refractivity contribution < 1.29 is 10.2 Å². The molecule has 2 heteroatoms. The molecule has 0 aliphatic heterocycles. The van der Waals surface area contributed by atoms with Crippen LogP contribution in [-0.2, 0) is 0 Å². The SMILES string of the molecule is Cc1cccc2c1C1c3ccccc3C(O)CC1CC2O. The summed E-state index contributed by atoms with van der Waals surface area (Å²) >= 11 is 0. The Morgan fingerprint density at radius 3 is 2.19 bits per heavy atom. The molecule has 21 heavy (non-hydrogen) atoms. The molecule has 0 aromatic heterocycles. The zero-order valence-corrected chi connectivity index (χ0v) is 12.2. The summed E-state index contributed by atoms with van der Waals surface area (Å²) in [6.07, 6.45) is 0.679. The maximum atomic E-state index is 10.5. The molecule has 2 aliphatic carbocycles. The smallest absolute Gasteiger partial charge is 0.0796 e. The fourth-order valence-electron chi connectivity index (χ4n) is 4.36. The molecule has 0 radical (unpaired) electrons. The average Bonchev–Trinajstić information content (AvgIpc) is 2.48. The molecule has 2 aromatic rings. The predicted molar refractivity (Wildman–Crippen MR) is 82.1 cm³/mol. The molecule has 0 spiro atoms. The number of hydrogen-bond donors (Lipinski definition) is 2. The topological polar surface area (TPSA) is 40.5 Å². The van der Waals surface area contributed by atoms with Gasteiger partial charge < -0.3 is 10.2 Å². The second-order valence-corrected chi connectivity index (χ2v) is 6.45. The van der Waals surface area contributed by atoms with Gasteiger partial charge in [-0.25, -0.2) is 0 Å². The number of aliphatic hydroxyl groups is 2. The second-order valence-electron chi connectivity index (χ2n) is 6.45. The van der Waals surface area contributed by atoms with Crippen LogP contribution in [0.1, 0.15) is 58.8 Å². The highest BCUT2D eigenvalue weighted by Crippen LogP contribution is 2.53. The Hall–Kier alpha value is -1.64. The number of aryl methyl sites for hydroxylation is 1. The molecule has 2 aromatic carbocycles. The summed E-state index contributed by atoms with van der Waals surface area (Å²) in [5.41, 5.74) is 5.89. The van der Waals surface area contributed by atoms with Gasteiger partial charge in [0, 0.05) is 5.92 Å². The van der Waals surface area contributed by atoms with E-state index in [9.17, 15) is 10.2 Å². The Labute approximate surface area is 125 Å². The fraction of sp³-hybridized carbons (Fsp3) is 0.368. The quantitative estimate of drug-likeness (QED) is 0.774. The van der Waals surface area contributed by atoms with E-state index in [1.54, 1.807) is 0 Å². The van der Waals surface area contributed by atoms with Crippen molar-refractivity contribution in [1.29, 1.82) is 0 Å². The van der Waals surface area contributed by atoms with Gasteiger partial charge in [0.25, 0.3) is 0 Å². The molecule has 4 atom stereocenters. The van der Waals surface area contributed by atoms with Crippen molar-refractivity contribution in [2.24, 2.45) is 5.92 Å². The van der Waals surface area contributed by atoms with E-state index in [4.69, 9.17) is 0 Å². The molecule has 2 N–H and O–H groups in total. The minimum absolute atomic E-state index is 0.309. The van der Waals surface area contributed by atoms with E-state index in [2.05, 4.69) is 31.2 Å². The summed E-state index contributed by atoms with van der Waals surface area (Å²) in [5, 5.41) is 20.9. The van der Waals surface area contributed by atoms with Gasteiger partial charge in [-0.1, -0.05) is 42.5 Å². The lowest BCUT2D eigenvalue weighted by molar-refractivity contribution is 0.0752. The van der Waals surface area contributed by atoms with Crippen molar-refractivity contribution in [3.8, 4) is 0 Å². The first-order chi connectivity index (χ1) is 10.2. The van der Waals surface area contributed by atoms with Crippen molar-refractivity contribution in [2.75, 3.05) is 0 Å². The maximum Gasteiger partial charge on any atom is 0.0796 e. The molecule has 108 valence electrons. The maximum absolute atomic E-state index is 10.5. The highest BCUT2D eigenvalue weighted by molar-refractivity contribution is 5.50. The Morgan fingerprint density at radius 2 is 1.43 bits per heavy atom. The first kappa shape index (κ1) is 13.1. The number of fused-ring (bicyclic) bond motifs is 5. The van der Waals surface area contributed by atoms with Crippen molar-refractivity contribution in [3.63, 3.8) is 0 Å². The van der Waals surface area contributed by atoms with E-state index in [1.165, 1.54) is 16.7 Å². The van der Waals surface area contributed by atoms with Crippen molar-refractivity contribution >= 4 is 0 Å². The molecule has 0 bridgehead atoms. The van der Waals surface area contributed by atoms with Crippen LogP contribution in [0.15, 0.2) is 42.5 Å². The molecule has 2 aliphatic rings. The third kappa shape index (κ3) is 1.86. The van der Waals surface area contributed by atoms with Crippen LogP contribution in [-0.4, -0.2) is 10.2 Å². The highest BCUT2D eigenvalue weighted by Gasteiger charge is 2.41. The van der Waals surface area contributed by atoms with Gasteiger partial charge in [-0.3, -0.25) is 0 Å². The van der Waals surface area contributed by atoms with E-state index >= 15 is 0 Å². The second kappa shape index (κ2) is 4.69. The van der Waals surface area contributed by atoms with E-state index in [1.807, 2.05) is 18.2 Å². The Kier molecular flexibility index (Phi) is 2.91. The largest absolute Gasteiger partial charge is 0.388 e. The molecule has 0 fully saturated rings. The molecule has 4 unspecified atom stereocenters. The Bertz CT molecular complexity index is 692. The van der Waals surface area contributed by atoms with Gasteiger partial charge in [0.15, 0.2) is 0 Å². The van der Waals surface area contributed by atoms with Crippen LogP contribution in [0.25, 0.3) is 0 Å². The van der Waals surface area contributed by atoms with E-state index in [-0.39, 0.29) is 0 Å². The standard InChI is InChI=1S/C19H20O2/c1-11-5-4-8-15-17(21)10-12-9-16(20)13-6-2-3-7-14(13)19(12)18(11)15/h2-8,12,16-17,19-21H,9-10H2,1H3. The fourth-order valence-corrected chi connectivity index (χ4v) is 4.36. The van der Waals surface area contributed by atoms with Gasteiger partial charge in [-0.15, -0.1) is 0 Å². The van der Waals surface area contributed by atoms with Crippen LogP contribution in [0.3, 0.4) is 0 Å². The van der Waals surface area contributed by atoms with Gasteiger partial charge in [-0.2, -0.15) is 0 Å². The van der Waals surface area contributed by atoms with Gasteiger partial charge in [0.1, 0.15) is 0 Å². The number of benzene rings is 2. The molecule has 0 saturated carbocycles. The lowest BCUT2D eigenvalue weighted by atomic mass is 9.63. The lowest BCUT2D eigenvalue weighted by Gasteiger charge is -2.43.